The molecule has 2 rings (SSSR count). The summed E-state index contributed by atoms with van der Waals surface area (Å²) in [5.41, 5.74) is 0. The molecule has 1 fully saturated rings. The van der Waals surface area contributed by atoms with Crippen molar-refractivity contribution >= 4 is 11.8 Å². The third-order valence-corrected chi connectivity index (χ3v) is 2.10. The second kappa shape index (κ2) is 4.08. The Kier molecular flexibility index (Phi) is 2.62. The van der Waals surface area contributed by atoms with E-state index in [9.17, 15) is 9.59 Å². The maximum Gasteiger partial charge on any atom is 0.267 e. The molecule has 1 unspecified atom stereocenters. The second-order valence-corrected chi connectivity index (χ2v) is 3.25. The van der Waals surface area contributed by atoms with E-state index in [1.54, 1.807) is 18.3 Å². The molecule has 15 heavy (non-hydrogen) atoms. The number of rotatable bonds is 2. The van der Waals surface area contributed by atoms with E-state index in [-0.39, 0.29) is 11.8 Å². The summed E-state index contributed by atoms with van der Waals surface area (Å²) in [7, 11) is 0. The number of amides is 2. The van der Waals surface area contributed by atoms with Crippen molar-refractivity contribution in [1.29, 1.82) is 0 Å². The van der Waals surface area contributed by atoms with E-state index in [1.165, 1.54) is 6.20 Å². The van der Waals surface area contributed by atoms with Crippen LogP contribution in [0.1, 0.15) is 12.8 Å². The monoisotopic (exact) mass is 206 g/mol. The zero-order valence-corrected chi connectivity index (χ0v) is 7.97. The molecule has 0 bridgehead atoms. The van der Waals surface area contributed by atoms with E-state index in [1.807, 2.05) is 0 Å². The minimum absolute atomic E-state index is 0.244. The number of aromatic nitrogens is 1. The van der Waals surface area contributed by atoms with Crippen molar-refractivity contribution in [1.82, 2.24) is 10.3 Å². The largest absolute Gasteiger partial charge is 0.479 e. The third-order valence-electron chi connectivity index (χ3n) is 2.10. The highest BCUT2D eigenvalue weighted by atomic mass is 16.5. The molecule has 5 nitrogen and oxygen atoms in total. The van der Waals surface area contributed by atoms with Gasteiger partial charge in [0.2, 0.25) is 5.91 Å². The quantitative estimate of drug-likeness (QED) is 0.705. The molecule has 1 saturated heterocycles. The van der Waals surface area contributed by atoms with Crippen molar-refractivity contribution in [2.24, 2.45) is 0 Å². The van der Waals surface area contributed by atoms with Gasteiger partial charge in [-0.05, 0) is 12.1 Å². The number of imide groups is 1. The van der Waals surface area contributed by atoms with Crippen molar-refractivity contribution in [3.8, 4) is 5.75 Å². The van der Waals surface area contributed by atoms with Crippen LogP contribution >= 0.6 is 0 Å². The number of hydrogen-bond acceptors (Lipinski definition) is 4. The van der Waals surface area contributed by atoms with E-state index in [0.717, 1.165) is 0 Å². The zero-order valence-electron chi connectivity index (χ0n) is 7.97. The molecular formula is C10H10N2O3. The summed E-state index contributed by atoms with van der Waals surface area (Å²) in [4.78, 5) is 26.1. The van der Waals surface area contributed by atoms with Gasteiger partial charge in [0, 0.05) is 19.0 Å². The van der Waals surface area contributed by atoms with E-state index < -0.39 is 6.10 Å². The Labute approximate surface area is 86.5 Å². The number of pyridine rings is 1. The summed E-state index contributed by atoms with van der Waals surface area (Å²) in [6.45, 7) is 0. The number of ether oxygens (including phenoxy) is 1. The molecule has 1 aromatic heterocycles. The summed E-state index contributed by atoms with van der Waals surface area (Å²) >= 11 is 0. The van der Waals surface area contributed by atoms with Crippen LogP contribution < -0.4 is 10.1 Å². The predicted octanol–water partition coefficient (Wildman–Crippen LogP) is 0.266. The number of nitrogens with one attached hydrogen (secondary N) is 1. The topological polar surface area (TPSA) is 68.3 Å². The fraction of sp³-hybridized carbons (Fsp3) is 0.300. The fourth-order valence-electron chi connectivity index (χ4n) is 1.37. The van der Waals surface area contributed by atoms with Gasteiger partial charge in [-0.1, -0.05) is 0 Å². The highest BCUT2D eigenvalue weighted by Crippen LogP contribution is 2.14. The molecule has 0 radical (unpaired) electrons. The van der Waals surface area contributed by atoms with E-state index >= 15 is 0 Å². The molecule has 1 atom stereocenters. The molecule has 2 heterocycles. The Bertz CT molecular complexity index is 378. The van der Waals surface area contributed by atoms with Crippen LogP contribution in [-0.4, -0.2) is 22.9 Å². The van der Waals surface area contributed by atoms with Gasteiger partial charge in [0.05, 0.1) is 6.20 Å². The first kappa shape index (κ1) is 9.64. The van der Waals surface area contributed by atoms with Crippen LogP contribution in [0.2, 0.25) is 0 Å². The highest BCUT2D eigenvalue weighted by Gasteiger charge is 2.27. The lowest BCUT2D eigenvalue weighted by atomic mass is 10.1. The fourth-order valence-corrected chi connectivity index (χ4v) is 1.37. The minimum atomic E-state index is -0.591. The Balaban J connectivity index is 2.01. The molecule has 2 amide bonds. The molecule has 0 aromatic carbocycles. The van der Waals surface area contributed by atoms with Gasteiger partial charge in [0.15, 0.2) is 6.10 Å². The molecule has 1 aliphatic rings. The van der Waals surface area contributed by atoms with Gasteiger partial charge in [-0.2, -0.15) is 0 Å². The summed E-state index contributed by atoms with van der Waals surface area (Å²) in [5.74, 6) is -0.0897. The van der Waals surface area contributed by atoms with Gasteiger partial charge in [0.1, 0.15) is 5.75 Å². The maximum atomic E-state index is 11.3. The van der Waals surface area contributed by atoms with Gasteiger partial charge in [-0.15, -0.1) is 0 Å². The predicted molar refractivity (Wildman–Crippen MR) is 51.0 cm³/mol. The van der Waals surface area contributed by atoms with Crippen LogP contribution in [0, 0.1) is 0 Å². The molecule has 0 aliphatic carbocycles. The summed E-state index contributed by atoms with van der Waals surface area (Å²) in [6.07, 6.45) is 3.30. The first-order chi connectivity index (χ1) is 7.25. The summed E-state index contributed by atoms with van der Waals surface area (Å²) in [6, 6.07) is 3.44. The van der Waals surface area contributed by atoms with Gasteiger partial charge in [-0.3, -0.25) is 19.9 Å². The highest BCUT2D eigenvalue weighted by molar-refractivity contribution is 5.99. The van der Waals surface area contributed by atoms with Gasteiger partial charge in [-0.25, -0.2) is 0 Å². The molecule has 5 heteroatoms. The van der Waals surface area contributed by atoms with Crippen LogP contribution in [0.25, 0.3) is 0 Å². The molecule has 1 N–H and O–H groups in total. The van der Waals surface area contributed by atoms with E-state index in [0.29, 0.717) is 18.6 Å². The summed E-state index contributed by atoms with van der Waals surface area (Å²) < 4.78 is 5.39. The van der Waals surface area contributed by atoms with Gasteiger partial charge < -0.3 is 4.74 Å². The zero-order chi connectivity index (χ0) is 10.7. The Morgan fingerprint density at radius 1 is 1.47 bits per heavy atom. The SMILES string of the molecule is O=C1CCC(Oc2cccnc2)C(=O)N1. The molecule has 0 spiro atoms. The van der Waals surface area contributed by atoms with E-state index in [4.69, 9.17) is 4.74 Å². The maximum absolute atomic E-state index is 11.3. The summed E-state index contributed by atoms with van der Waals surface area (Å²) in [5, 5.41) is 2.23. The van der Waals surface area contributed by atoms with Crippen molar-refractivity contribution < 1.29 is 14.3 Å². The minimum Gasteiger partial charge on any atom is -0.479 e. The Hall–Kier alpha value is -1.91. The first-order valence-corrected chi connectivity index (χ1v) is 4.66. The average molecular weight is 206 g/mol. The van der Waals surface area contributed by atoms with Crippen LogP contribution in [0.3, 0.4) is 0 Å². The normalized spacial score (nSPS) is 20.9. The van der Waals surface area contributed by atoms with Crippen LogP contribution in [0.4, 0.5) is 0 Å². The van der Waals surface area contributed by atoms with Crippen molar-refractivity contribution in [3.05, 3.63) is 24.5 Å². The Morgan fingerprint density at radius 3 is 3.00 bits per heavy atom. The lowest BCUT2D eigenvalue weighted by molar-refractivity contribution is -0.138. The average Bonchev–Trinajstić information content (AvgIpc) is 2.24. The second-order valence-electron chi connectivity index (χ2n) is 3.25. The first-order valence-electron chi connectivity index (χ1n) is 4.66. The molecule has 78 valence electrons. The van der Waals surface area contributed by atoms with Crippen LogP contribution in [0.15, 0.2) is 24.5 Å². The molecule has 1 aromatic rings. The lowest BCUT2D eigenvalue weighted by Gasteiger charge is -2.21. The number of carbonyl (C=O) groups excluding carboxylic acids is 2. The number of hydrogen-bond donors (Lipinski definition) is 1. The lowest BCUT2D eigenvalue weighted by Crippen LogP contribution is -2.46. The third kappa shape index (κ3) is 2.31. The van der Waals surface area contributed by atoms with Crippen molar-refractivity contribution in [2.75, 3.05) is 0 Å². The molecule has 1 aliphatic heterocycles. The van der Waals surface area contributed by atoms with Gasteiger partial charge >= 0.3 is 0 Å². The molecule has 0 saturated carbocycles. The number of nitrogens with zero attached hydrogens (tertiary/aromatic N) is 1. The van der Waals surface area contributed by atoms with Crippen LogP contribution in [0.5, 0.6) is 5.75 Å². The smallest absolute Gasteiger partial charge is 0.267 e. The standard InChI is InChI=1S/C10H10N2O3/c13-9-4-3-8(10(14)12-9)15-7-2-1-5-11-6-7/h1-2,5-6,8H,3-4H2,(H,12,13,14). The number of piperidine rings is 1. The van der Waals surface area contributed by atoms with Crippen molar-refractivity contribution in [3.63, 3.8) is 0 Å². The van der Waals surface area contributed by atoms with Crippen LogP contribution in [-0.2, 0) is 9.59 Å². The van der Waals surface area contributed by atoms with E-state index in [2.05, 4.69) is 10.3 Å². The molecular weight excluding hydrogens is 196 g/mol. The van der Waals surface area contributed by atoms with Crippen molar-refractivity contribution in [2.45, 2.75) is 18.9 Å². The Morgan fingerprint density at radius 2 is 2.33 bits per heavy atom. The van der Waals surface area contributed by atoms with Gasteiger partial charge in [0.25, 0.3) is 5.91 Å². The number of carbonyl (C=O) groups is 2.